The molecule has 110 valence electrons. The monoisotopic (exact) mass is 286 g/mol. The van der Waals surface area contributed by atoms with Gasteiger partial charge in [0.2, 0.25) is 5.91 Å². The van der Waals surface area contributed by atoms with Gasteiger partial charge in [-0.3, -0.25) is 4.79 Å². The molecule has 1 atom stereocenters. The Bertz CT molecular complexity index is 618. The minimum Gasteiger partial charge on any atom is -0.508 e. The molecule has 4 N–H and O–H groups in total. The van der Waals surface area contributed by atoms with E-state index < -0.39 is 0 Å². The molecule has 21 heavy (non-hydrogen) atoms. The van der Waals surface area contributed by atoms with Crippen LogP contribution in [-0.4, -0.2) is 16.1 Å². The topological polar surface area (TPSA) is 81.6 Å². The van der Waals surface area contributed by atoms with Gasteiger partial charge in [0, 0.05) is 30.4 Å². The fraction of sp³-hybridized carbons (Fsp3) is 0.188. The summed E-state index contributed by atoms with van der Waals surface area (Å²) in [5, 5.41) is 25.0. The fourth-order valence-corrected chi connectivity index (χ4v) is 2.05. The number of benzene rings is 2. The van der Waals surface area contributed by atoms with Gasteiger partial charge in [0.05, 0.1) is 0 Å². The second kappa shape index (κ2) is 6.17. The number of nitrogens with one attached hydrogen (secondary N) is 2. The zero-order valence-corrected chi connectivity index (χ0v) is 11.9. The van der Waals surface area contributed by atoms with Gasteiger partial charge in [-0.25, -0.2) is 0 Å². The van der Waals surface area contributed by atoms with Crippen molar-refractivity contribution in [3.8, 4) is 11.5 Å². The summed E-state index contributed by atoms with van der Waals surface area (Å²) in [7, 11) is 0. The number of hydrogen-bond acceptors (Lipinski definition) is 4. The number of amides is 1. The van der Waals surface area contributed by atoms with Crippen LogP contribution in [0.25, 0.3) is 0 Å². The van der Waals surface area contributed by atoms with Gasteiger partial charge < -0.3 is 20.8 Å². The molecule has 0 aliphatic carbocycles. The number of aromatic hydroxyl groups is 2. The lowest BCUT2D eigenvalue weighted by Gasteiger charge is -2.16. The van der Waals surface area contributed by atoms with E-state index >= 15 is 0 Å². The minimum atomic E-state index is -0.112. The molecule has 0 heterocycles. The zero-order chi connectivity index (χ0) is 15.4. The van der Waals surface area contributed by atoms with Crippen LogP contribution in [0.3, 0.4) is 0 Å². The highest BCUT2D eigenvalue weighted by Crippen LogP contribution is 2.27. The molecule has 0 bridgehead atoms. The van der Waals surface area contributed by atoms with Crippen LogP contribution in [0.4, 0.5) is 11.4 Å². The smallest absolute Gasteiger partial charge is 0.221 e. The Morgan fingerprint density at radius 1 is 1.00 bits per heavy atom. The van der Waals surface area contributed by atoms with Crippen molar-refractivity contribution in [3.63, 3.8) is 0 Å². The van der Waals surface area contributed by atoms with Gasteiger partial charge in [-0.05, 0) is 48.9 Å². The number of anilines is 2. The molecule has 2 rings (SSSR count). The molecule has 0 saturated carbocycles. The number of carbonyl (C=O) groups excluding carboxylic acids is 1. The molecule has 0 aliphatic heterocycles. The Kier molecular flexibility index (Phi) is 4.33. The molecule has 0 radical (unpaired) electrons. The second-order valence-corrected chi connectivity index (χ2v) is 4.91. The van der Waals surface area contributed by atoms with Crippen molar-refractivity contribution in [2.24, 2.45) is 0 Å². The van der Waals surface area contributed by atoms with Crippen molar-refractivity contribution >= 4 is 17.3 Å². The fourth-order valence-electron chi connectivity index (χ4n) is 2.05. The van der Waals surface area contributed by atoms with Crippen molar-refractivity contribution in [2.45, 2.75) is 19.9 Å². The standard InChI is InChI=1S/C16H18N2O3/c1-10(12-7-15(20)9-16(21)8-12)17-13-3-5-14(6-4-13)18-11(2)19/h3-10,17,20-21H,1-2H3,(H,18,19). The third-order valence-corrected chi connectivity index (χ3v) is 3.01. The maximum Gasteiger partial charge on any atom is 0.221 e. The first-order valence-corrected chi connectivity index (χ1v) is 6.61. The van der Waals surface area contributed by atoms with Crippen LogP contribution in [0.15, 0.2) is 42.5 Å². The van der Waals surface area contributed by atoms with Crippen molar-refractivity contribution in [2.75, 3.05) is 10.6 Å². The van der Waals surface area contributed by atoms with Gasteiger partial charge in [0.1, 0.15) is 11.5 Å². The number of rotatable bonds is 4. The van der Waals surface area contributed by atoms with E-state index in [4.69, 9.17) is 0 Å². The summed E-state index contributed by atoms with van der Waals surface area (Å²) in [5.41, 5.74) is 2.38. The lowest BCUT2D eigenvalue weighted by Crippen LogP contribution is -2.08. The average molecular weight is 286 g/mol. The molecule has 1 unspecified atom stereocenters. The molecule has 5 heteroatoms. The van der Waals surface area contributed by atoms with Gasteiger partial charge in [-0.2, -0.15) is 0 Å². The molecule has 0 spiro atoms. The van der Waals surface area contributed by atoms with E-state index in [0.717, 1.165) is 16.9 Å². The Labute approximate surface area is 123 Å². The molecule has 0 aromatic heterocycles. The predicted octanol–water partition coefficient (Wildman–Crippen LogP) is 3.23. The zero-order valence-electron chi connectivity index (χ0n) is 11.9. The first kappa shape index (κ1) is 14.7. The quantitative estimate of drug-likeness (QED) is 0.695. The van der Waals surface area contributed by atoms with Gasteiger partial charge in [-0.1, -0.05) is 0 Å². The number of phenols is 2. The predicted molar refractivity (Wildman–Crippen MR) is 82.6 cm³/mol. The Hall–Kier alpha value is -2.69. The summed E-state index contributed by atoms with van der Waals surface area (Å²) < 4.78 is 0. The average Bonchev–Trinajstić information content (AvgIpc) is 2.39. The summed E-state index contributed by atoms with van der Waals surface area (Å²) in [6, 6.07) is 11.7. The van der Waals surface area contributed by atoms with Crippen LogP contribution in [0, 0.1) is 0 Å². The molecular formula is C16H18N2O3. The van der Waals surface area contributed by atoms with Crippen molar-refractivity contribution < 1.29 is 15.0 Å². The van der Waals surface area contributed by atoms with E-state index in [1.165, 1.54) is 13.0 Å². The van der Waals surface area contributed by atoms with E-state index in [1.54, 1.807) is 24.3 Å². The highest BCUT2D eigenvalue weighted by atomic mass is 16.3. The first-order valence-electron chi connectivity index (χ1n) is 6.61. The van der Waals surface area contributed by atoms with Gasteiger partial charge in [0.15, 0.2) is 0 Å². The van der Waals surface area contributed by atoms with Crippen molar-refractivity contribution in [3.05, 3.63) is 48.0 Å². The van der Waals surface area contributed by atoms with E-state index in [2.05, 4.69) is 10.6 Å². The number of phenolic OH excluding ortho intramolecular Hbond substituents is 2. The second-order valence-electron chi connectivity index (χ2n) is 4.91. The summed E-state index contributed by atoms with van der Waals surface area (Å²) >= 11 is 0. The van der Waals surface area contributed by atoms with Crippen LogP contribution in [-0.2, 0) is 4.79 Å². The first-order chi connectivity index (χ1) is 9.94. The van der Waals surface area contributed by atoms with Crippen molar-refractivity contribution in [1.29, 1.82) is 0 Å². The normalized spacial score (nSPS) is 11.7. The van der Waals surface area contributed by atoms with Crippen LogP contribution in [0.5, 0.6) is 11.5 Å². The minimum absolute atomic E-state index is 0.0275. The van der Waals surface area contributed by atoms with Crippen molar-refractivity contribution in [1.82, 2.24) is 0 Å². The van der Waals surface area contributed by atoms with E-state index in [-0.39, 0.29) is 23.4 Å². The third kappa shape index (κ3) is 4.14. The maximum atomic E-state index is 11.0. The molecule has 0 aliphatic rings. The lowest BCUT2D eigenvalue weighted by molar-refractivity contribution is -0.114. The van der Waals surface area contributed by atoms with E-state index in [0.29, 0.717) is 0 Å². The van der Waals surface area contributed by atoms with E-state index in [1.807, 2.05) is 19.1 Å². The summed E-state index contributed by atoms with van der Waals surface area (Å²) in [6.07, 6.45) is 0. The molecule has 1 amide bonds. The third-order valence-electron chi connectivity index (χ3n) is 3.01. The number of carbonyl (C=O) groups is 1. The summed E-state index contributed by atoms with van der Waals surface area (Å²) in [4.78, 5) is 11.0. The summed E-state index contributed by atoms with van der Waals surface area (Å²) in [5.74, 6) is -0.0568. The highest BCUT2D eigenvalue weighted by Gasteiger charge is 2.08. The van der Waals surface area contributed by atoms with Gasteiger partial charge in [-0.15, -0.1) is 0 Å². The van der Waals surface area contributed by atoms with Crippen LogP contribution in [0.2, 0.25) is 0 Å². The molecule has 5 nitrogen and oxygen atoms in total. The molecule has 0 fully saturated rings. The van der Waals surface area contributed by atoms with Gasteiger partial charge >= 0.3 is 0 Å². The lowest BCUT2D eigenvalue weighted by atomic mass is 10.1. The SMILES string of the molecule is CC(=O)Nc1ccc(NC(C)c2cc(O)cc(O)c2)cc1. The van der Waals surface area contributed by atoms with Crippen LogP contribution < -0.4 is 10.6 Å². The Morgan fingerprint density at radius 2 is 1.52 bits per heavy atom. The Morgan fingerprint density at radius 3 is 2.05 bits per heavy atom. The van der Waals surface area contributed by atoms with Crippen LogP contribution in [0.1, 0.15) is 25.5 Å². The number of hydrogen-bond donors (Lipinski definition) is 4. The van der Waals surface area contributed by atoms with Crippen LogP contribution >= 0.6 is 0 Å². The summed E-state index contributed by atoms with van der Waals surface area (Å²) in [6.45, 7) is 3.39. The largest absolute Gasteiger partial charge is 0.508 e. The van der Waals surface area contributed by atoms with E-state index in [9.17, 15) is 15.0 Å². The van der Waals surface area contributed by atoms with Gasteiger partial charge in [0.25, 0.3) is 0 Å². The molecule has 2 aromatic rings. The Balaban J connectivity index is 2.08. The molecule has 0 saturated heterocycles. The molecule has 2 aromatic carbocycles. The molecular weight excluding hydrogens is 268 g/mol. The highest BCUT2D eigenvalue weighted by molar-refractivity contribution is 5.88. The maximum absolute atomic E-state index is 11.0.